The summed E-state index contributed by atoms with van der Waals surface area (Å²) in [6, 6.07) is 12.3. The van der Waals surface area contributed by atoms with Gasteiger partial charge in [-0.05, 0) is 37.7 Å². The Kier molecular flexibility index (Phi) is 3.42. The second-order valence-electron chi connectivity index (χ2n) is 4.75. The highest BCUT2D eigenvalue weighted by atomic mass is 15.0. The Morgan fingerprint density at radius 1 is 1.27 bits per heavy atom. The summed E-state index contributed by atoms with van der Waals surface area (Å²) in [7, 11) is 0. The van der Waals surface area contributed by atoms with Crippen LogP contribution in [0.3, 0.4) is 0 Å². The second kappa shape index (κ2) is 4.80. The lowest BCUT2D eigenvalue weighted by Gasteiger charge is -2.38. The summed E-state index contributed by atoms with van der Waals surface area (Å²) in [5, 5.41) is 3.67. The minimum atomic E-state index is 0.673. The summed E-state index contributed by atoms with van der Waals surface area (Å²) in [5.74, 6) is 0.799. The van der Waals surface area contributed by atoms with E-state index in [-0.39, 0.29) is 0 Å². The van der Waals surface area contributed by atoms with Crippen LogP contribution in [0.4, 0.5) is 0 Å². The summed E-state index contributed by atoms with van der Waals surface area (Å²) in [6.45, 7) is 4.51. The maximum absolute atomic E-state index is 3.67. The molecule has 82 valence electrons. The van der Waals surface area contributed by atoms with Gasteiger partial charge in [0.2, 0.25) is 0 Å². The van der Waals surface area contributed by atoms with Crippen molar-refractivity contribution in [3.8, 4) is 0 Å². The van der Waals surface area contributed by atoms with E-state index in [1.165, 1.54) is 24.8 Å². The van der Waals surface area contributed by atoms with Crippen molar-refractivity contribution in [2.45, 2.75) is 51.1 Å². The molecule has 0 radical (unpaired) electrons. The lowest BCUT2D eigenvalue weighted by Crippen LogP contribution is -2.44. The quantitative estimate of drug-likeness (QED) is 0.791. The summed E-state index contributed by atoms with van der Waals surface area (Å²) >= 11 is 0. The van der Waals surface area contributed by atoms with Crippen molar-refractivity contribution in [3.63, 3.8) is 0 Å². The van der Waals surface area contributed by atoms with Gasteiger partial charge < -0.3 is 5.32 Å². The molecule has 0 bridgehead atoms. The van der Waals surface area contributed by atoms with Crippen LogP contribution in [0.25, 0.3) is 0 Å². The van der Waals surface area contributed by atoms with E-state index < -0.39 is 0 Å². The molecule has 0 aliphatic heterocycles. The molecule has 1 aliphatic rings. The van der Waals surface area contributed by atoms with Crippen LogP contribution >= 0.6 is 0 Å². The number of hydrogen-bond donors (Lipinski definition) is 1. The molecule has 15 heavy (non-hydrogen) atoms. The number of hydrogen-bond acceptors (Lipinski definition) is 1. The molecule has 1 fully saturated rings. The molecule has 1 aliphatic carbocycles. The first kappa shape index (κ1) is 10.7. The first-order valence-electron chi connectivity index (χ1n) is 6.10. The van der Waals surface area contributed by atoms with Gasteiger partial charge in [0.25, 0.3) is 0 Å². The monoisotopic (exact) mass is 203 g/mol. The van der Waals surface area contributed by atoms with Crippen molar-refractivity contribution in [2.24, 2.45) is 0 Å². The van der Waals surface area contributed by atoms with Crippen molar-refractivity contribution in [1.29, 1.82) is 0 Å². The summed E-state index contributed by atoms with van der Waals surface area (Å²) in [5.41, 5.74) is 1.51. The smallest absolute Gasteiger partial charge is 0.00812 e. The maximum Gasteiger partial charge on any atom is 0.00812 e. The Hall–Kier alpha value is -0.820. The molecular weight excluding hydrogens is 182 g/mol. The average molecular weight is 203 g/mol. The minimum Gasteiger partial charge on any atom is -0.311 e. The predicted molar refractivity (Wildman–Crippen MR) is 65.1 cm³/mol. The second-order valence-corrected chi connectivity index (χ2v) is 4.75. The van der Waals surface area contributed by atoms with Crippen LogP contribution in [0.5, 0.6) is 0 Å². The molecule has 0 aromatic heterocycles. The van der Waals surface area contributed by atoms with Crippen LogP contribution in [0.1, 0.15) is 44.6 Å². The van der Waals surface area contributed by atoms with Gasteiger partial charge in [0.05, 0.1) is 0 Å². The van der Waals surface area contributed by atoms with Crippen LogP contribution in [0.15, 0.2) is 30.3 Å². The number of benzene rings is 1. The molecule has 1 saturated carbocycles. The zero-order valence-corrected chi connectivity index (χ0v) is 9.74. The maximum atomic E-state index is 3.67. The standard InChI is InChI=1S/C14H21N/c1-3-11(2)15-14-9-13(10-14)12-7-5-4-6-8-12/h4-8,11,13-15H,3,9-10H2,1-2H3. The van der Waals surface area contributed by atoms with Gasteiger partial charge in [-0.25, -0.2) is 0 Å². The first-order chi connectivity index (χ1) is 7.29. The molecule has 1 atom stereocenters. The minimum absolute atomic E-state index is 0.673. The molecular formula is C14H21N. The van der Waals surface area contributed by atoms with E-state index in [1.807, 2.05) is 0 Å². The zero-order chi connectivity index (χ0) is 10.7. The third-order valence-corrected chi connectivity index (χ3v) is 3.54. The topological polar surface area (TPSA) is 12.0 Å². The molecule has 0 spiro atoms. The number of rotatable bonds is 4. The molecule has 2 rings (SSSR count). The van der Waals surface area contributed by atoms with Crippen molar-refractivity contribution >= 4 is 0 Å². The molecule has 1 heteroatoms. The van der Waals surface area contributed by atoms with Gasteiger partial charge in [-0.3, -0.25) is 0 Å². The molecule has 1 aromatic rings. The Morgan fingerprint density at radius 3 is 2.53 bits per heavy atom. The molecule has 1 N–H and O–H groups in total. The fourth-order valence-corrected chi connectivity index (χ4v) is 2.27. The van der Waals surface area contributed by atoms with E-state index in [9.17, 15) is 0 Å². The van der Waals surface area contributed by atoms with Crippen LogP contribution in [-0.4, -0.2) is 12.1 Å². The highest BCUT2D eigenvalue weighted by Gasteiger charge is 2.30. The first-order valence-corrected chi connectivity index (χ1v) is 6.10. The molecule has 0 saturated heterocycles. The van der Waals surface area contributed by atoms with Gasteiger partial charge in [0.15, 0.2) is 0 Å². The Balaban J connectivity index is 1.79. The zero-order valence-electron chi connectivity index (χ0n) is 9.74. The van der Waals surface area contributed by atoms with Crippen LogP contribution in [0, 0.1) is 0 Å². The largest absolute Gasteiger partial charge is 0.311 e. The molecule has 0 amide bonds. The molecule has 1 unspecified atom stereocenters. The fourth-order valence-electron chi connectivity index (χ4n) is 2.27. The third kappa shape index (κ3) is 2.60. The van der Waals surface area contributed by atoms with Gasteiger partial charge in [-0.15, -0.1) is 0 Å². The Morgan fingerprint density at radius 2 is 1.93 bits per heavy atom. The normalized spacial score (nSPS) is 27.1. The highest BCUT2D eigenvalue weighted by Crippen LogP contribution is 2.36. The van der Waals surface area contributed by atoms with Crippen LogP contribution in [-0.2, 0) is 0 Å². The number of nitrogens with one attached hydrogen (secondary N) is 1. The van der Waals surface area contributed by atoms with E-state index in [1.54, 1.807) is 0 Å². The lowest BCUT2D eigenvalue weighted by atomic mass is 9.75. The van der Waals surface area contributed by atoms with Gasteiger partial charge in [-0.2, -0.15) is 0 Å². The van der Waals surface area contributed by atoms with E-state index >= 15 is 0 Å². The van der Waals surface area contributed by atoms with Crippen LogP contribution < -0.4 is 5.32 Å². The SMILES string of the molecule is CCC(C)NC1CC(c2ccccc2)C1. The van der Waals surface area contributed by atoms with E-state index in [2.05, 4.69) is 49.5 Å². The Bertz CT molecular complexity index is 287. The van der Waals surface area contributed by atoms with Gasteiger partial charge in [-0.1, -0.05) is 37.3 Å². The lowest BCUT2D eigenvalue weighted by molar-refractivity contribution is 0.267. The third-order valence-electron chi connectivity index (χ3n) is 3.54. The fraction of sp³-hybridized carbons (Fsp3) is 0.571. The summed E-state index contributed by atoms with van der Waals surface area (Å²) < 4.78 is 0. The molecule has 1 aromatic carbocycles. The average Bonchev–Trinajstić information content (AvgIpc) is 2.23. The van der Waals surface area contributed by atoms with Crippen molar-refractivity contribution < 1.29 is 0 Å². The summed E-state index contributed by atoms with van der Waals surface area (Å²) in [6.07, 6.45) is 3.86. The van der Waals surface area contributed by atoms with Crippen molar-refractivity contribution in [2.75, 3.05) is 0 Å². The van der Waals surface area contributed by atoms with Gasteiger partial charge in [0, 0.05) is 12.1 Å². The predicted octanol–water partition coefficient (Wildman–Crippen LogP) is 3.32. The molecule has 1 nitrogen and oxygen atoms in total. The molecule has 0 heterocycles. The summed E-state index contributed by atoms with van der Waals surface area (Å²) in [4.78, 5) is 0. The highest BCUT2D eigenvalue weighted by molar-refractivity contribution is 5.22. The van der Waals surface area contributed by atoms with Crippen molar-refractivity contribution in [1.82, 2.24) is 5.32 Å². The van der Waals surface area contributed by atoms with Crippen LogP contribution in [0.2, 0.25) is 0 Å². The van der Waals surface area contributed by atoms with Gasteiger partial charge >= 0.3 is 0 Å². The van der Waals surface area contributed by atoms with E-state index in [0.29, 0.717) is 6.04 Å². The Labute approximate surface area is 92.9 Å². The van der Waals surface area contributed by atoms with E-state index in [4.69, 9.17) is 0 Å². The van der Waals surface area contributed by atoms with Gasteiger partial charge in [0.1, 0.15) is 0 Å². The van der Waals surface area contributed by atoms with E-state index in [0.717, 1.165) is 12.0 Å². The van der Waals surface area contributed by atoms with Crippen molar-refractivity contribution in [3.05, 3.63) is 35.9 Å².